The van der Waals surface area contributed by atoms with Crippen molar-refractivity contribution in [2.75, 3.05) is 0 Å². The van der Waals surface area contributed by atoms with Gasteiger partial charge in [-0.15, -0.1) is 15.0 Å². The van der Waals surface area contributed by atoms with E-state index < -0.39 is 5.54 Å². The topological polar surface area (TPSA) is 78.5 Å². The molecule has 7 aromatic rings. The number of ketones is 1. The molecule has 0 aliphatic heterocycles. The first kappa shape index (κ1) is 32.6. The van der Waals surface area contributed by atoms with Gasteiger partial charge in [-0.1, -0.05) is 153 Å². The van der Waals surface area contributed by atoms with E-state index >= 15 is 0 Å². The van der Waals surface area contributed by atoms with E-state index in [2.05, 4.69) is 73.7 Å². The number of hydrogen-bond donors (Lipinski definition) is 0. The third kappa shape index (κ3) is 6.07. The molecule has 0 aliphatic carbocycles. The lowest BCUT2D eigenvalue weighted by molar-refractivity contribution is 0.101. The zero-order chi connectivity index (χ0) is 34.5. The highest BCUT2D eigenvalue weighted by molar-refractivity contribution is 5.96. The van der Waals surface area contributed by atoms with E-state index in [1.165, 1.54) is 0 Å². The lowest BCUT2D eigenvalue weighted by atomic mass is 9.77. The summed E-state index contributed by atoms with van der Waals surface area (Å²) in [5.41, 5.74) is 8.78. The Morgan fingerprint density at radius 3 is 1.76 bits per heavy atom. The third-order valence-corrected chi connectivity index (χ3v) is 9.45. The van der Waals surface area contributed by atoms with Crippen LogP contribution in [0.2, 0.25) is 0 Å². The molecule has 0 bridgehead atoms. The van der Waals surface area contributed by atoms with Gasteiger partial charge >= 0.3 is 0 Å². The van der Waals surface area contributed by atoms with Gasteiger partial charge in [0, 0.05) is 24.2 Å². The minimum Gasteiger partial charge on any atom is -0.294 e. The number of tetrazole rings is 1. The molecule has 0 spiro atoms. The Labute approximate surface area is 293 Å². The van der Waals surface area contributed by atoms with Gasteiger partial charge in [-0.05, 0) is 58.9 Å². The molecule has 7 heteroatoms. The average Bonchev–Trinajstić information content (AvgIpc) is 3.77. The van der Waals surface area contributed by atoms with E-state index in [4.69, 9.17) is 20.5 Å². The van der Waals surface area contributed by atoms with Crippen LogP contribution in [0.5, 0.6) is 0 Å². The van der Waals surface area contributed by atoms with Crippen LogP contribution in [-0.4, -0.2) is 35.8 Å². The standard InChI is InChI=1S/C43H40N6O/c1-4-5-29-48-31(2)41(32(3)50)40(45-48)30-33-25-27-34(28-26-33)38-23-15-16-24-39(38)42-44-47-49(46-42)43(35-17-9-6-10-18-35,36-19-11-7-12-20-36)37-21-13-8-14-22-37/h6-28H,4-5,29-30H2,1-3H3. The molecule has 0 saturated carbocycles. The van der Waals surface area contributed by atoms with Crippen LogP contribution in [0.3, 0.4) is 0 Å². The van der Waals surface area contributed by atoms with Crippen molar-refractivity contribution in [2.24, 2.45) is 0 Å². The molecule has 0 saturated heterocycles. The van der Waals surface area contributed by atoms with Crippen LogP contribution in [0.1, 0.15) is 70.7 Å². The number of Topliss-reactive ketones (excluding diaryl/α,β-unsaturated/α-hetero) is 1. The number of carbonyl (C=O) groups is 1. The Morgan fingerprint density at radius 2 is 1.22 bits per heavy atom. The Balaban J connectivity index is 1.27. The van der Waals surface area contributed by atoms with Crippen molar-refractivity contribution >= 4 is 5.78 Å². The first-order valence-electron chi connectivity index (χ1n) is 17.2. The van der Waals surface area contributed by atoms with Gasteiger partial charge in [-0.3, -0.25) is 9.48 Å². The normalized spacial score (nSPS) is 11.5. The number of aromatic nitrogens is 6. The second kappa shape index (κ2) is 14.3. The molecule has 0 aliphatic rings. The summed E-state index contributed by atoms with van der Waals surface area (Å²) < 4.78 is 1.99. The second-order valence-electron chi connectivity index (χ2n) is 12.7. The van der Waals surface area contributed by atoms with Gasteiger partial charge in [0.25, 0.3) is 0 Å². The summed E-state index contributed by atoms with van der Waals surface area (Å²) in [5.74, 6) is 0.596. The van der Waals surface area contributed by atoms with Gasteiger partial charge in [0.1, 0.15) is 0 Å². The summed E-state index contributed by atoms with van der Waals surface area (Å²) in [6.07, 6.45) is 2.70. The highest BCUT2D eigenvalue weighted by atomic mass is 16.1. The maximum atomic E-state index is 12.6. The molecule has 2 heterocycles. The molecule has 50 heavy (non-hydrogen) atoms. The minimum absolute atomic E-state index is 0.0576. The Kier molecular flexibility index (Phi) is 9.30. The fourth-order valence-corrected chi connectivity index (χ4v) is 6.99. The zero-order valence-electron chi connectivity index (χ0n) is 28.7. The first-order chi connectivity index (χ1) is 24.5. The van der Waals surface area contributed by atoms with Crippen molar-refractivity contribution in [3.05, 3.63) is 179 Å². The number of carbonyl (C=O) groups excluding carboxylic acids is 1. The van der Waals surface area contributed by atoms with Crippen LogP contribution >= 0.6 is 0 Å². The van der Waals surface area contributed by atoms with Crippen LogP contribution in [0.4, 0.5) is 0 Å². The number of rotatable bonds is 12. The van der Waals surface area contributed by atoms with Crippen LogP contribution in [0, 0.1) is 6.92 Å². The number of hydrogen-bond acceptors (Lipinski definition) is 5. The minimum atomic E-state index is -0.855. The fourth-order valence-electron chi connectivity index (χ4n) is 6.99. The van der Waals surface area contributed by atoms with Gasteiger partial charge in [0.05, 0.1) is 11.3 Å². The van der Waals surface area contributed by atoms with Crippen molar-refractivity contribution in [2.45, 2.75) is 52.1 Å². The predicted octanol–water partition coefficient (Wildman–Crippen LogP) is 8.95. The molecular formula is C43H40N6O. The summed E-state index contributed by atoms with van der Waals surface area (Å²) in [6, 6.07) is 47.7. The predicted molar refractivity (Wildman–Crippen MR) is 198 cm³/mol. The van der Waals surface area contributed by atoms with Crippen LogP contribution < -0.4 is 0 Å². The monoisotopic (exact) mass is 656 g/mol. The molecular weight excluding hydrogens is 617 g/mol. The molecule has 0 amide bonds. The average molecular weight is 657 g/mol. The number of unbranched alkanes of at least 4 members (excludes halogenated alkanes) is 1. The van der Waals surface area contributed by atoms with Crippen molar-refractivity contribution in [1.29, 1.82) is 0 Å². The van der Waals surface area contributed by atoms with E-state index in [1.807, 2.05) is 84.4 Å². The van der Waals surface area contributed by atoms with Gasteiger partial charge in [-0.2, -0.15) is 5.10 Å². The van der Waals surface area contributed by atoms with E-state index in [9.17, 15) is 4.79 Å². The van der Waals surface area contributed by atoms with Crippen LogP contribution in [-0.2, 0) is 18.5 Å². The molecule has 2 aromatic heterocycles. The van der Waals surface area contributed by atoms with Crippen LogP contribution in [0.25, 0.3) is 22.5 Å². The maximum Gasteiger partial charge on any atom is 0.205 e. The molecule has 0 atom stereocenters. The molecule has 248 valence electrons. The number of aryl methyl sites for hydroxylation is 1. The van der Waals surface area contributed by atoms with Gasteiger partial charge in [0.2, 0.25) is 5.82 Å². The lowest BCUT2D eigenvalue weighted by Crippen LogP contribution is -2.39. The summed E-state index contributed by atoms with van der Waals surface area (Å²) in [4.78, 5) is 14.4. The molecule has 0 N–H and O–H groups in total. The molecule has 5 aromatic carbocycles. The van der Waals surface area contributed by atoms with E-state index in [0.717, 1.165) is 75.3 Å². The van der Waals surface area contributed by atoms with Gasteiger partial charge in [0.15, 0.2) is 11.3 Å². The molecule has 0 unspecified atom stereocenters. The fraction of sp³-hybridized carbons (Fsp3) is 0.186. The van der Waals surface area contributed by atoms with Gasteiger partial charge in [-0.25, -0.2) is 0 Å². The van der Waals surface area contributed by atoms with E-state index in [1.54, 1.807) is 11.7 Å². The highest BCUT2D eigenvalue weighted by Crippen LogP contribution is 2.40. The molecule has 7 nitrogen and oxygen atoms in total. The zero-order valence-corrected chi connectivity index (χ0v) is 28.7. The van der Waals surface area contributed by atoms with E-state index in [0.29, 0.717) is 12.2 Å². The second-order valence-corrected chi connectivity index (χ2v) is 12.7. The Hall–Kier alpha value is -5.95. The first-order valence-corrected chi connectivity index (χ1v) is 17.2. The highest BCUT2D eigenvalue weighted by Gasteiger charge is 2.41. The maximum absolute atomic E-state index is 12.6. The Morgan fingerprint density at radius 1 is 0.680 bits per heavy atom. The van der Waals surface area contributed by atoms with E-state index in [-0.39, 0.29) is 5.78 Å². The van der Waals surface area contributed by atoms with Crippen LogP contribution in [0.15, 0.2) is 140 Å². The molecule has 7 rings (SSSR count). The summed E-state index contributed by atoms with van der Waals surface area (Å²) in [7, 11) is 0. The van der Waals surface area contributed by atoms with Crippen molar-refractivity contribution in [3.63, 3.8) is 0 Å². The SMILES string of the molecule is CCCCn1nc(Cc2ccc(-c3ccccc3-c3nnn(C(c4ccccc4)(c4ccccc4)c4ccccc4)n3)cc2)c(C(C)=O)c1C. The largest absolute Gasteiger partial charge is 0.294 e. The quantitative estimate of drug-likeness (QED) is 0.0969. The number of nitrogens with zero attached hydrogens (tertiary/aromatic N) is 6. The number of benzene rings is 5. The van der Waals surface area contributed by atoms with Crippen molar-refractivity contribution in [3.8, 4) is 22.5 Å². The third-order valence-electron chi connectivity index (χ3n) is 9.45. The van der Waals surface area contributed by atoms with Crippen molar-refractivity contribution in [1.82, 2.24) is 30.0 Å². The lowest BCUT2D eigenvalue weighted by Gasteiger charge is -2.34. The van der Waals surface area contributed by atoms with Gasteiger partial charge < -0.3 is 0 Å². The molecule has 0 fully saturated rings. The Bertz CT molecular complexity index is 2110. The molecule has 0 radical (unpaired) electrons. The summed E-state index contributed by atoms with van der Waals surface area (Å²) in [6.45, 7) is 6.61. The summed E-state index contributed by atoms with van der Waals surface area (Å²) >= 11 is 0. The smallest absolute Gasteiger partial charge is 0.205 e. The van der Waals surface area contributed by atoms with Crippen molar-refractivity contribution < 1.29 is 4.79 Å². The summed E-state index contributed by atoms with van der Waals surface area (Å²) in [5, 5.41) is 19.5.